The van der Waals surface area contributed by atoms with Gasteiger partial charge in [-0.05, 0) is 55.2 Å². The largest absolute Gasteiger partial charge is 0.497 e. The first-order valence-corrected chi connectivity index (χ1v) is 9.56. The highest BCUT2D eigenvalue weighted by atomic mass is 16.5. The number of hydrogen-bond donors (Lipinski definition) is 1. The molecule has 0 bridgehead atoms. The fourth-order valence-corrected chi connectivity index (χ4v) is 4.01. The van der Waals surface area contributed by atoms with E-state index < -0.39 is 0 Å². The van der Waals surface area contributed by atoms with Crippen LogP contribution in [-0.4, -0.2) is 36.9 Å². The average Bonchev–Trinajstić information content (AvgIpc) is 2.74. The molecule has 2 heterocycles. The Labute approximate surface area is 160 Å². The molecule has 4 nitrogen and oxygen atoms in total. The topological polar surface area (TPSA) is 45.6 Å². The van der Waals surface area contributed by atoms with Gasteiger partial charge in [-0.25, -0.2) is 4.98 Å². The fraction of sp³-hybridized carbons (Fsp3) is 0.348. The van der Waals surface area contributed by atoms with Crippen molar-refractivity contribution in [3.8, 4) is 5.75 Å². The molecule has 27 heavy (non-hydrogen) atoms. The van der Waals surface area contributed by atoms with Crippen LogP contribution in [-0.2, 0) is 6.42 Å². The molecule has 1 fully saturated rings. The molecular formula is C23H26N2O2. The SMILES string of the molecule is COc1ccc(CC2(CO)CCN(c3ccc4ccccc4n3)CC2)cc1. The number of piperidine rings is 1. The van der Waals surface area contributed by atoms with E-state index in [4.69, 9.17) is 9.72 Å². The standard InChI is InChI=1S/C23H26N2O2/c1-27-20-9-6-18(7-10-20)16-23(17-26)12-14-25(15-13-23)22-11-8-19-4-2-3-5-21(19)24-22/h2-11,26H,12-17H2,1H3. The molecule has 3 aromatic rings. The Hall–Kier alpha value is -2.59. The van der Waals surface area contributed by atoms with E-state index >= 15 is 0 Å². The average molecular weight is 362 g/mol. The number of aromatic nitrogens is 1. The first-order valence-electron chi connectivity index (χ1n) is 9.56. The van der Waals surface area contributed by atoms with E-state index in [-0.39, 0.29) is 12.0 Å². The van der Waals surface area contributed by atoms with Crippen molar-refractivity contribution in [3.05, 3.63) is 66.2 Å². The number of methoxy groups -OCH3 is 1. The van der Waals surface area contributed by atoms with E-state index in [0.29, 0.717) is 0 Å². The summed E-state index contributed by atoms with van der Waals surface area (Å²) in [6.07, 6.45) is 2.82. The minimum absolute atomic E-state index is 0.0536. The molecule has 0 unspecified atom stereocenters. The maximum atomic E-state index is 10.1. The molecule has 4 heteroatoms. The Bertz CT molecular complexity index is 900. The second-order valence-electron chi connectivity index (χ2n) is 7.53. The summed E-state index contributed by atoms with van der Waals surface area (Å²) in [5, 5.41) is 11.3. The molecule has 1 aliphatic heterocycles. The summed E-state index contributed by atoms with van der Waals surface area (Å²) in [6.45, 7) is 2.06. The van der Waals surface area contributed by atoms with Gasteiger partial charge in [0.05, 0.1) is 12.6 Å². The van der Waals surface area contributed by atoms with Crippen molar-refractivity contribution in [2.75, 3.05) is 31.7 Å². The van der Waals surface area contributed by atoms with Crippen LogP contribution in [0.2, 0.25) is 0 Å². The Morgan fingerprint density at radius 3 is 2.44 bits per heavy atom. The third-order valence-electron chi connectivity index (χ3n) is 5.81. The van der Waals surface area contributed by atoms with Gasteiger partial charge in [0.15, 0.2) is 0 Å². The number of nitrogens with zero attached hydrogens (tertiary/aromatic N) is 2. The molecule has 0 atom stereocenters. The van der Waals surface area contributed by atoms with Crippen LogP contribution in [0.15, 0.2) is 60.7 Å². The third-order valence-corrected chi connectivity index (χ3v) is 5.81. The van der Waals surface area contributed by atoms with Crippen LogP contribution in [0.3, 0.4) is 0 Å². The number of ether oxygens (including phenoxy) is 1. The number of aliphatic hydroxyl groups excluding tert-OH is 1. The molecule has 0 spiro atoms. The summed E-state index contributed by atoms with van der Waals surface area (Å²) >= 11 is 0. The molecule has 1 N–H and O–H groups in total. The zero-order chi connectivity index (χ0) is 18.7. The van der Waals surface area contributed by atoms with Crippen LogP contribution >= 0.6 is 0 Å². The highest BCUT2D eigenvalue weighted by Gasteiger charge is 2.34. The van der Waals surface area contributed by atoms with Crippen molar-refractivity contribution in [3.63, 3.8) is 0 Å². The van der Waals surface area contributed by atoms with Crippen LogP contribution in [0.5, 0.6) is 5.75 Å². The summed E-state index contributed by atoms with van der Waals surface area (Å²) in [4.78, 5) is 7.17. The van der Waals surface area contributed by atoms with E-state index in [1.807, 2.05) is 24.3 Å². The van der Waals surface area contributed by atoms with Crippen LogP contribution in [0.1, 0.15) is 18.4 Å². The van der Waals surface area contributed by atoms with Crippen molar-refractivity contribution in [1.82, 2.24) is 4.98 Å². The van der Waals surface area contributed by atoms with Gasteiger partial charge < -0.3 is 14.7 Å². The summed E-state index contributed by atoms with van der Waals surface area (Å²) in [5.41, 5.74) is 2.23. The van der Waals surface area contributed by atoms with E-state index in [2.05, 4.69) is 41.3 Å². The lowest BCUT2D eigenvalue weighted by Crippen LogP contribution is -2.43. The molecule has 1 saturated heterocycles. The third kappa shape index (κ3) is 3.76. The van der Waals surface area contributed by atoms with Crippen LogP contribution < -0.4 is 9.64 Å². The highest BCUT2D eigenvalue weighted by molar-refractivity contribution is 5.80. The first kappa shape index (κ1) is 17.8. The quantitative estimate of drug-likeness (QED) is 0.743. The zero-order valence-electron chi connectivity index (χ0n) is 15.8. The van der Waals surface area contributed by atoms with Gasteiger partial charge in [-0.3, -0.25) is 0 Å². The van der Waals surface area contributed by atoms with Crippen LogP contribution in [0.4, 0.5) is 5.82 Å². The van der Waals surface area contributed by atoms with Gasteiger partial charge >= 0.3 is 0 Å². The lowest BCUT2D eigenvalue weighted by Gasteiger charge is -2.41. The van der Waals surface area contributed by atoms with E-state index in [1.54, 1.807) is 7.11 Å². The number of hydrogen-bond acceptors (Lipinski definition) is 4. The summed E-state index contributed by atoms with van der Waals surface area (Å²) in [7, 11) is 1.68. The first-order chi connectivity index (χ1) is 13.2. The molecule has 0 saturated carbocycles. The minimum atomic E-state index is -0.0536. The van der Waals surface area contributed by atoms with Crippen molar-refractivity contribution in [2.24, 2.45) is 5.41 Å². The second kappa shape index (κ2) is 7.57. The fourth-order valence-electron chi connectivity index (χ4n) is 4.01. The maximum Gasteiger partial charge on any atom is 0.129 e. The molecule has 0 aliphatic carbocycles. The molecule has 1 aromatic heterocycles. The van der Waals surface area contributed by atoms with Gasteiger partial charge in [0.2, 0.25) is 0 Å². The Kier molecular flexibility index (Phi) is 4.99. The lowest BCUT2D eigenvalue weighted by atomic mass is 9.74. The number of rotatable bonds is 5. The van der Waals surface area contributed by atoms with Crippen LogP contribution in [0.25, 0.3) is 10.9 Å². The summed E-state index contributed by atoms with van der Waals surface area (Å²) in [5.74, 6) is 1.90. The smallest absolute Gasteiger partial charge is 0.129 e. The summed E-state index contributed by atoms with van der Waals surface area (Å²) < 4.78 is 5.24. The second-order valence-corrected chi connectivity index (χ2v) is 7.53. The molecule has 1 aliphatic rings. The number of fused-ring (bicyclic) bond motifs is 1. The monoisotopic (exact) mass is 362 g/mol. The number of pyridine rings is 1. The molecule has 0 amide bonds. The van der Waals surface area contributed by atoms with Crippen molar-refractivity contribution < 1.29 is 9.84 Å². The number of aliphatic hydroxyl groups is 1. The van der Waals surface area contributed by atoms with Crippen molar-refractivity contribution >= 4 is 16.7 Å². The van der Waals surface area contributed by atoms with Gasteiger partial charge in [0.1, 0.15) is 11.6 Å². The molecule has 2 aromatic carbocycles. The van der Waals surface area contributed by atoms with Gasteiger partial charge in [-0.1, -0.05) is 30.3 Å². The number of anilines is 1. The van der Waals surface area contributed by atoms with E-state index in [1.165, 1.54) is 10.9 Å². The van der Waals surface area contributed by atoms with Gasteiger partial charge in [-0.2, -0.15) is 0 Å². The highest BCUT2D eigenvalue weighted by Crippen LogP contribution is 2.36. The Balaban J connectivity index is 1.46. The van der Waals surface area contributed by atoms with Crippen molar-refractivity contribution in [2.45, 2.75) is 19.3 Å². The minimum Gasteiger partial charge on any atom is -0.497 e. The number of benzene rings is 2. The summed E-state index contributed by atoms with van der Waals surface area (Å²) in [6, 6.07) is 20.7. The maximum absolute atomic E-state index is 10.1. The lowest BCUT2D eigenvalue weighted by molar-refractivity contribution is 0.0961. The number of para-hydroxylation sites is 1. The predicted molar refractivity (Wildman–Crippen MR) is 109 cm³/mol. The molecule has 4 rings (SSSR count). The predicted octanol–water partition coefficient (Wildman–Crippen LogP) is 4.07. The van der Waals surface area contributed by atoms with Gasteiger partial charge in [0.25, 0.3) is 0 Å². The Morgan fingerprint density at radius 1 is 1.00 bits per heavy atom. The van der Waals surface area contributed by atoms with Gasteiger partial charge in [-0.15, -0.1) is 0 Å². The zero-order valence-corrected chi connectivity index (χ0v) is 15.8. The van der Waals surface area contributed by atoms with Crippen LogP contribution in [0, 0.1) is 5.41 Å². The molecular weight excluding hydrogens is 336 g/mol. The molecule has 140 valence electrons. The van der Waals surface area contributed by atoms with Gasteiger partial charge in [0, 0.05) is 30.5 Å². The Morgan fingerprint density at radius 2 is 1.74 bits per heavy atom. The van der Waals surface area contributed by atoms with Crippen molar-refractivity contribution in [1.29, 1.82) is 0 Å². The van der Waals surface area contributed by atoms with E-state index in [0.717, 1.165) is 49.4 Å². The molecule has 0 radical (unpaired) electrons. The normalized spacial score (nSPS) is 16.4. The van der Waals surface area contributed by atoms with E-state index in [9.17, 15) is 5.11 Å².